The van der Waals surface area contributed by atoms with Crippen LogP contribution in [0.4, 0.5) is 0 Å². The Hall–Kier alpha value is -4.14. The van der Waals surface area contributed by atoms with Crippen molar-refractivity contribution in [1.29, 1.82) is 5.26 Å². The minimum atomic E-state index is -0.200. The second-order valence-corrected chi connectivity index (χ2v) is 9.27. The fourth-order valence-electron chi connectivity index (χ4n) is 4.91. The number of fused-ring (bicyclic) bond motifs is 4. The van der Waals surface area contributed by atoms with Gasteiger partial charge < -0.3 is 14.6 Å². The number of hydrogen-bond donors (Lipinski definition) is 2. The van der Waals surface area contributed by atoms with Crippen molar-refractivity contribution in [3.63, 3.8) is 0 Å². The molecule has 0 fully saturated rings. The summed E-state index contributed by atoms with van der Waals surface area (Å²) in [4.78, 5) is 2.26. The number of benzene rings is 1. The summed E-state index contributed by atoms with van der Waals surface area (Å²) in [7, 11) is 1.79. The van der Waals surface area contributed by atoms with Crippen LogP contribution in [0.5, 0.6) is 11.8 Å². The lowest BCUT2D eigenvalue weighted by Gasteiger charge is -2.25. The molecule has 1 aliphatic heterocycles. The lowest BCUT2D eigenvalue weighted by Crippen LogP contribution is -2.34. The molecule has 0 spiro atoms. The van der Waals surface area contributed by atoms with Crippen LogP contribution < -0.4 is 9.47 Å². The van der Waals surface area contributed by atoms with Gasteiger partial charge in [-0.15, -0.1) is 5.10 Å². The molecular weight excluding hydrogens is 484 g/mol. The number of likely N-dealkylation sites (N-methyl/N-ethyl adjacent to an activating group) is 1. The Morgan fingerprint density at radius 3 is 2.84 bits per heavy atom. The maximum Gasteiger partial charge on any atom is 0.240 e. The van der Waals surface area contributed by atoms with Crippen LogP contribution >= 0.6 is 0 Å². The highest BCUT2D eigenvalue weighted by Gasteiger charge is 2.25. The van der Waals surface area contributed by atoms with Gasteiger partial charge in [-0.2, -0.15) is 15.5 Å². The van der Waals surface area contributed by atoms with Gasteiger partial charge in [0.15, 0.2) is 5.69 Å². The van der Waals surface area contributed by atoms with Gasteiger partial charge in [-0.1, -0.05) is 13.0 Å². The normalized spacial score (nSPS) is 16.8. The Morgan fingerprint density at radius 1 is 1.26 bits per heavy atom. The molecule has 0 aliphatic carbocycles. The van der Waals surface area contributed by atoms with Crippen LogP contribution in [0, 0.1) is 11.3 Å². The molecule has 2 N–H and O–H groups in total. The van der Waals surface area contributed by atoms with Gasteiger partial charge in [-0.05, 0) is 50.2 Å². The van der Waals surface area contributed by atoms with Crippen LogP contribution in [0.3, 0.4) is 0 Å². The van der Waals surface area contributed by atoms with E-state index in [0.29, 0.717) is 49.3 Å². The van der Waals surface area contributed by atoms with Crippen molar-refractivity contribution in [3.05, 3.63) is 40.8 Å². The first-order valence-electron chi connectivity index (χ1n) is 12.8. The van der Waals surface area contributed by atoms with E-state index in [0.717, 1.165) is 40.0 Å². The van der Waals surface area contributed by atoms with Crippen LogP contribution in [0.2, 0.25) is 0 Å². The summed E-state index contributed by atoms with van der Waals surface area (Å²) in [6, 6.07) is 8.09. The van der Waals surface area contributed by atoms with Crippen LogP contribution in [0.1, 0.15) is 43.4 Å². The average molecular weight is 517 g/mol. The number of aryl methyl sites for hydroxylation is 1. The second-order valence-electron chi connectivity index (χ2n) is 9.27. The van der Waals surface area contributed by atoms with Gasteiger partial charge in [-0.25, -0.2) is 4.68 Å². The van der Waals surface area contributed by atoms with Crippen molar-refractivity contribution < 1.29 is 14.6 Å². The van der Waals surface area contributed by atoms with E-state index in [1.54, 1.807) is 11.7 Å². The van der Waals surface area contributed by atoms with Crippen molar-refractivity contribution in [1.82, 2.24) is 34.7 Å². The summed E-state index contributed by atoms with van der Waals surface area (Å²) in [6.45, 7) is 8.82. The maximum absolute atomic E-state index is 9.85. The van der Waals surface area contributed by atoms with Gasteiger partial charge in [0.2, 0.25) is 11.8 Å². The van der Waals surface area contributed by atoms with Gasteiger partial charge in [0.25, 0.3) is 0 Å². The summed E-state index contributed by atoms with van der Waals surface area (Å²) in [6.07, 6.45) is 3.76. The molecule has 4 aromatic rings. The molecule has 0 radical (unpaired) electrons. The molecule has 198 valence electrons. The van der Waals surface area contributed by atoms with Gasteiger partial charge in [0.05, 0.1) is 47.8 Å². The topological polar surface area (TPSA) is 130 Å². The van der Waals surface area contributed by atoms with Crippen molar-refractivity contribution >= 4 is 23.1 Å². The summed E-state index contributed by atoms with van der Waals surface area (Å²) in [5, 5.41) is 37.2. The molecular formula is C27H32N8O3. The third kappa shape index (κ3) is 4.64. The first kappa shape index (κ1) is 25.5. The number of nitrogens with zero attached hydrogens (tertiary/aromatic N) is 7. The second kappa shape index (κ2) is 10.7. The van der Waals surface area contributed by atoms with Gasteiger partial charge in [-0.3, -0.25) is 14.7 Å². The van der Waals surface area contributed by atoms with Gasteiger partial charge >= 0.3 is 0 Å². The standard InChI is InChI=1S/C27H32N8O3/c1-5-34-15-17(3)38-27-25(23(14-28)31-33(27)4)18-7-9-21-20(13-18)22(30-29-21)10-8-19-24(16-34)35(11-12-36)32-26(19)37-6-2/h7-10,13,17,36H,5-6,11-12,15-16H2,1-4H3,(H,29,30)/b10-8+/t17-/m0/s1. The highest BCUT2D eigenvalue weighted by atomic mass is 16.5. The van der Waals surface area contributed by atoms with Crippen molar-refractivity contribution in [2.24, 2.45) is 7.05 Å². The maximum atomic E-state index is 9.85. The van der Waals surface area contributed by atoms with Gasteiger partial charge in [0.1, 0.15) is 12.2 Å². The number of H-pyrrole nitrogens is 1. The number of aliphatic hydroxyl groups is 1. The van der Waals surface area contributed by atoms with Gasteiger partial charge in [0, 0.05) is 25.5 Å². The summed E-state index contributed by atoms with van der Waals surface area (Å²) in [5.74, 6) is 1.07. The molecule has 2 bridgehead atoms. The lowest BCUT2D eigenvalue weighted by atomic mass is 10.0. The first-order chi connectivity index (χ1) is 18.5. The molecule has 1 aliphatic rings. The molecule has 0 amide bonds. The van der Waals surface area contributed by atoms with E-state index < -0.39 is 0 Å². The Morgan fingerprint density at radius 2 is 2.11 bits per heavy atom. The minimum Gasteiger partial charge on any atom is -0.476 e. The molecule has 5 rings (SSSR count). The van der Waals surface area contributed by atoms with E-state index in [1.165, 1.54) is 0 Å². The molecule has 11 nitrogen and oxygen atoms in total. The number of nitriles is 1. The fourth-order valence-corrected chi connectivity index (χ4v) is 4.91. The molecule has 0 unspecified atom stereocenters. The van der Waals surface area contributed by atoms with Crippen LogP contribution in [-0.4, -0.2) is 72.2 Å². The average Bonchev–Trinajstić information content (AvgIpc) is 3.55. The highest BCUT2D eigenvalue weighted by molar-refractivity contribution is 5.93. The number of ether oxygens (including phenoxy) is 2. The zero-order chi connectivity index (χ0) is 26.8. The summed E-state index contributed by atoms with van der Waals surface area (Å²) >= 11 is 0. The SMILES string of the molecule is CCOc1nn(CCO)c2c1/C=C/c1[nH]nc3ccc(cc13)-c1c(C#N)nn(C)c1O[C@@H](C)CN(CC)C2. The van der Waals surface area contributed by atoms with Crippen LogP contribution in [0.15, 0.2) is 18.2 Å². The number of hydrogen-bond acceptors (Lipinski definition) is 8. The third-order valence-electron chi connectivity index (χ3n) is 6.70. The quantitative estimate of drug-likeness (QED) is 0.414. The largest absolute Gasteiger partial charge is 0.476 e. The molecule has 0 saturated carbocycles. The van der Waals surface area contributed by atoms with E-state index in [-0.39, 0.29) is 12.7 Å². The molecule has 4 heterocycles. The number of aromatic nitrogens is 6. The van der Waals surface area contributed by atoms with E-state index >= 15 is 0 Å². The van der Waals surface area contributed by atoms with E-state index in [2.05, 4.69) is 38.3 Å². The summed E-state index contributed by atoms with van der Waals surface area (Å²) < 4.78 is 15.8. The lowest BCUT2D eigenvalue weighted by molar-refractivity contribution is 0.133. The monoisotopic (exact) mass is 516 g/mol. The van der Waals surface area contributed by atoms with Crippen molar-refractivity contribution in [2.45, 2.75) is 40.0 Å². The zero-order valence-electron chi connectivity index (χ0n) is 22.1. The number of aliphatic hydroxyl groups excluding tert-OH is 1. The van der Waals surface area contributed by atoms with E-state index in [9.17, 15) is 10.4 Å². The predicted molar refractivity (Wildman–Crippen MR) is 143 cm³/mol. The predicted octanol–water partition coefficient (Wildman–Crippen LogP) is 3.20. The molecule has 11 heteroatoms. The third-order valence-corrected chi connectivity index (χ3v) is 6.70. The van der Waals surface area contributed by atoms with E-state index in [4.69, 9.17) is 9.47 Å². The Balaban J connectivity index is 1.73. The molecule has 1 atom stereocenters. The van der Waals surface area contributed by atoms with Crippen molar-refractivity contribution in [3.8, 4) is 29.0 Å². The first-order valence-corrected chi connectivity index (χ1v) is 12.8. The number of nitrogens with one attached hydrogen (secondary N) is 1. The number of rotatable bonds is 5. The van der Waals surface area contributed by atoms with Crippen LogP contribution in [-0.2, 0) is 20.1 Å². The Labute approximate surface area is 220 Å². The van der Waals surface area contributed by atoms with Crippen LogP contribution in [0.25, 0.3) is 34.2 Å². The Kier molecular flexibility index (Phi) is 7.18. The zero-order valence-corrected chi connectivity index (χ0v) is 22.1. The summed E-state index contributed by atoms with van der Waals surface area (Å²) in [5.41, 5.74) is 5.22. The smallest absolute Gasteiger partial charge is 0.240 e. The molecule has 38 heavy (non-hydrogen) atoms. The Bertz CT molecular complexity index is 1520. The highest BCUT2D eigenvalue weighted by Crippen LogP contribution is 2.36. The molecule has 0 saturated heterocycles. The number of aromatic amines is 1. The van der Waals surface area contributed by atoms with E-state index in [1.807, 2.05) is 48.9 Å². The minimum absolute atomic E-state index is 0.0342. The molecule has 3 aromatic heterocycles. The molecule has 1 aromatic carbocycles. The fraction of sp³-hybridized carbons (Fsp3) is 0.407. The van der Waals surface area contributed by atoms with Crippen molar-refractivity contribution in [2.75, 3.05) is 26.3 Å².